The SMILES string of the molecule is COc1ccccc1N1CCN([C@H](C)C(=O)Nc2ccc(C)cc2C)CC1. The molecule has 0 aliphatic carbocycles. The average Bonchev–Trinajstić information content (AvgIpc) is 2.69. The van der Waals surface area contributed by atoms with Crippen molar-refractivity contribution >= 4 is 17.3 Å². The van der Waals surface area contributed by atoms with Crippen LogP contribution in [0.3, 0.4) is 0 Å². The summed E-state index contributed by atoms with van der Waals surface area (Å²) in [6.45, 7) is 9.52. The fourth-order valence-corrected chi connectivity index (χ4v) is 3.60. The third-order valence-corrected chi connectivity index (χ3v) is 5.31. The number of para-hydroxylation sites is 2. The number of hydrogen-bond donors (Lipinski definition) is 1. The lowest BCUT2D eigenvalue weighted by molar-refractivity contribution is -0.120. The zero-order valence-corrected chi connectivity index (χ0v) is 16.7. The number of benzene rings is 2. The van der Waals surface area contributed by atoms with E-state index in [1.807, 2.05) is 44.2 Å². The van der Waals surface area contributed by atoms with E-state index in [4.69, 9.17) is 4.74 Å². The number of nitrogens with zero attached hydrogens (tertiary/aromatic N) is 2. The number of nitrogens with one attached hydrogen (secondary N) is 1. The largest absolute Gasteiger partial charge is 0.495 e. The van der Waals surface area contributed by atoms with Crippen molar-refractivity contribution in [3.05, 3.63) is 53.6 Å². The van der Waals surface area contributed by atoms with E-state index in [0.717, 1.165) is 48.9 Å². The number of anilines is 2. The standard InChI is InChI=1S/C22H29N3O2/c1-16-9-10-19(17(2)15-16)23-22(26)18(3)24-11-13-25(14-12-24)20-7-5-6-8-21(20)27-4/h5-10,15,18H,11-14H2,1-4H3,(H,23,26)/t18-/m1/s1. The first-order valence-corrected chi connectivity index (χ1v) is 9.49. The number of rotatable bonds is 5. The van der Waals surface area contributed by atoms with Crippen molar-refractivity contribution in [1.29, 1.82) is 0 Å². The van der Waals surface area contributed by atoms with Gasteiger partial charge >= 0.3 is 0 Å². The highest BCUT2D eigenvalue weighted by molar-refractivity contribution is 5.95. The summed E-state index contributed by atoms with van der Waals surface area (Å²) >= 11 is 0. The van der Waals surface area contributed by atoms with Crippen molar-refractivity contribution < 1.29 is 9.53 Å². The van der Waals surface area contributed by atoms with E-state index in [-0.39, 0.29) is 11.9 Å². The van der Waals surface area contributed by atoms with Crippen LogP contribution in [-0.2, 0) is 4.79 Å². The molecule has 2 aromatic carbocycles. The van der Waals surface area contributed by atoms with Crippen LogP contribution in [0.2, 0.25) is 0 Å². The molecule has 2 aromatic rings. The zero-order valence-electron chi connectivity index (χ0n) is 16.7. The van der Waals surface area contributed by atoms with Crippen molar-refractivity contribution in [1.82, 2.24) is 4.90 Å². The van der Waals surface area contributed by atoms with Gasteiger partial charge in [-0.25, -0.2) is 0 Å². The summed E-state index contributed by atoms with van der Waals surface area (Å²) in [7, 11) is 1.70. The highest BCUT2D eigenvalue weighted by Crippen LogP contribution is 2.28. The van der Waals surface area contributed by atoms with Crippen molar-refractivity contribution in [2.75, 3.05) is 43.5 Å². The third kappa shape index (κ3) is 4.42. The van der Waals surface area contributed by atoms with Crippen LogP contribution in [0.5, 0.6) is 5.75 Å². The van der Waals surface area contributed by atoms with Gasteiger partial charge in [-0.2, -0.15) is 0 Å². The van der Waals surface area contributed by atoms with Crippen LogP contribution in [0.4, 0.5) is 11.4 Å². The number of hydrogen-bond acceptors (Lipinski definition) is 4. The number of carbonyl (C=O) groups excluding carboxylic acids is 1. The van der Waals surface area contributed by atoms with Crippen LogP contribution in [-0.4, -0.2) is 50.1 Å². The molecule has 0 unspecified atom stereocenters. The van der Waals surface area contributed by atoms with E-state index in [2.05, 4.69) is 34.2 Å². The molecule has 0 saturated carbocycles. The summed E-state index contributed by atoms with van der Waals surface area (Å²) < 4.78 is 5.48. The molecule has 5 heteroatoms. The Morgan fingerprint density at radius 3 is 2.44 bits per heavy atom. The Morgan fingerprint density at radius 2 is 1.78 bits per heavy atom. The molecule has 0 bridgehead atoms. The number of aryl methyl sites for hydroxylation is 2. The van der Waals surface area contributed by atoms with Gasteiger partial charge in [-0.15, -0.1) is 0 Å². The van der Waals surface area contributed by atoms with E-state index < -0.39 is 0 Å². The Hall–Kier alpha value is -2.53. The summed E-state index contributed by atoms with van der Waals surface area (Å²) in [6.07, 6.45) is 0. The predicted molar refractivity (Wildman–Crippen MR) is 111 cm³/mol. The Labute approximate surface area is 161 Å². The van der Waals surface area contributed by atoms with E-state index in [0.29, 0.717) is 0 Å². The number of piperazine rings is 1. The van der Waals surface area contributed by atoms with Crippen LogP contribution in [0.25, 0.3) is 0 Å². The van der Waals surface area contributed by atoms with Crippen molar-refractivity contribution in [2.45, 2.75) is 26.8 Å². The molecule has 144 valence electrons. The molecule has 1 heterocycles. The molecular formula is C22H29N3O2. The average molecular weight is 367 g/mol. The molecule has 0 radical (unpaired) electrons. The maximum atomic E-state index is 12.7. The van der Waals surface area contributed by atoms with E-state index in [1.54, 1.807) is 7.11 Å². The fourth-order valence-electron chi connectivity index (χ4n) is 3.60. The van der Waals surface area contributed by atoms with Gasteiger partial charge in [0.25, 0.3) is 0 Å². The van der Waals surface area contributed by atoms with Gasteiger partial charge in [0.2, 0.25) is 5.91 Å². The molecule has 1 saturated heterocycles. The van der Waals surface area contributed by atoms with Gasteiger partial charge in [-0.3, -0.25) is 9.69 Å². The highest BCUT2D eigenvalue weighted by atomic mass is 16.5. The summed E-state index contributed by atoms with van der Waals surface area (Å²) in [5.74, 6) is 0.944. The molecule has 3 rings (SSSR count). The lowest BCUT2D eigenvalue weighted by atomic mass is 10.1. The van der Waals surface area contributed by atoms with Gasteiger partial charge in [-0.1, -0.05) is 29.8 Å². The van der Waals surface area contributed by atoms with Crippen LogP contribution < -0.4 is 15.0 Å². The molecule has 1 atom stereocenters. The Kier molecular flexibility index (Phi) is 6.01. The Bertz CT molecular complexity index is 798. The van der Waals surface area contributed by atoms with E-state index in [1.165, 1.54) is 5.56 Å². The Balaban J connectivity index is 1.59. The maximum Gasteiger partial charge on any atom is 0.241 e. The van der Waals surface area contributed by atoms with Crippen molar-refractivity contribution in [2.24, 2.45) is 0 Å². The molecule has 1 amide bonds. The number of carbonyl (C=O) groups is 1. The van der Waals surface area contributed by atoms with Crippen LogP contribution in [0, 0.1) is 13.8 Å². The smallest absolute Gasteiger partial charge is 0.241 e. The third-order valence-electron chi connectivity index (χ3n) is 5.31. The van der Waals surface area contributed by atoms with Gasteiger partial charge in [0, 0.05) is 31.9 Å². The second kappa shape index (κ2) is 8.44. The van der Waals surface area contributed by atoms with Gasteiger partial charge in [-0.05, 0) is 44.5 Å². The lowest BCUT2D eigenvalue weighted by Crippen LogP contribution is -2.52. The summed E-state index contributed by atoms with van der Waals surface area (Å²) in [4.78, 5) is 17.3. The van der Waals surface area contributed by atoms with Crippen molar-refractivity contribution in [3.8, 4) is 5.75 Å². The fraction of sp³-hybridized carbons (Fsp3) is 0.409. The summed E-state index contributed by atoms with van der Waals surface area (Å²) in [6, 6.07) is 14.0. The summed E-state index contributed by atoms with van der Waals surface area (Å²) in [5, 5.41) is 3.08. The quantitative estimate of drug-likeness (QED) is 0.879. The molecule has 1 fully saturated rings. The molecule has 1 N–H and O–H groups in total. The van der Waals surface area contributed by atoms with Crippen LogP contribution >= 0.6 is 0 Å². The maximum absolute atomic E-state index is 12.7. The van der Waals surface area contributed by atoms with Crippen LogP contribution in [0.1, 0.15) is 18.1 Å². The number of amides is 1. The van der Waals surface area contributed by atoms with Gasteiger partial charge < -0.3 is 15.0 Å². The minimum absolute atomic E-state index is 0.0488. The molecule has 5 nitrogen and oxygen atoms in total. The normalized spacial score (nSPS) is 16.1. The monoisotopic (exact) mass is 367 g/mol. The molecule has 1 aliphatic rings. The molecule has 27 heavy (non-hydrogen) atoms. The highest BCUT2D eigenvalue weighted by Gasteiger charge is 2.26. The van der Waals surface area contributed by atoms with E-state index >= 15 is 0 Å². The zero-order chi connectivity index (χ0) is 19.4. The van der Waals surface area contributed by atoms with Gasteiger partial charge in [0.15, 0.2) is 0 Å². The van der Waals surface area contributed by atoms with Gasteiger partial charge in [0.1, 0.15) is 5.75 Å². The first-order valence-electron chi connectivity index (χ1n) is 9.49. The first kappa shape index (κ1) is 19.2. The molecule has 0 aromatic heterocycles. The molecule has 1 aliphatic heterocycles. The first-order chi connectivity index (χ1) is 13.0. The summed E-state index contributed by atoms with van der Waals surface area (Å²) in [5.41, 5.74) is 4.31. The second-order valence-corrected chi connectivity index (χ2v) is 7.18. The number of methoxy groups -OCH3 is 1. The Morgan fingerprint density at radius 1 is 1.07 bits per heavy atom. The van der Waals surface area contributed by atoms with Gasteiger partial charge in [0.05, 0.1) is 18.8 Å². The van der Waals surface area contributed by atoms with E-state index in [9.17, 15) is 4.79 Å². The lowest BCUT2D eigenvalue weighted by Gasteiger charge is -2.38. The topological polar surface area (TPSA) is 44.8 Å². The molecular weight excluding hydrogens is 338 g/mol. The minimum Gasteiger partial charge on any atom is -0.495 e. The molecule has 0 spiro atoms. The number of ether oxygens (including phenoxy) is 1. The second-order valence-electron chi connectivity index (χ2n) is 7.18. The predicted octanol–water partition coefficient (Wildman–Crippen LogP) is 3.46. The minimum atomic E-state index is -0.162. The van der Waals surface area contributed by atoms with Crippen molar-refractivity contribution in [3.63, 3.8) is 0 Å². The van der Waals surface area contributed by atoms with Crippen LogP contribution in [0.15, 0.2) is 42.5 Å².